The summed E-state index contributed by atoms with van der Waals surface area (Å²) in [4.78, 5) is 116. The van der Waals surface area contributed by atoms with Crippen molar-refractivity contribution in [3.8, 4) is 5.75 Å². The van der Waals surface area contributed by atoms with Crippen molar-refractivity contribution < 1.29 is 53.7 Å². The van der Waals surface area contributed by atoms with E-state index in [0.29, 0.717) is 35.1 Å². The maximum absolute atomic E-state index is 14.8. The standard InChI is InChI=1S/C54H66N10O11S2/c1-31(65)46-53(73)62-43(26-34-19-21-36(66)22-20-34)51(71)63-45(54(74)75)30-77-76-29-38(56)47(67)59-41(24-32-12-4-2-5-13-32)49(69)60-42(25-33-14-6-3-7-15-33)50(70)61-44(27-35-28-57-39-17-9-8-16-37(35)39)52(72)58-40(48(68)64-46)18-10-11-23-55/h2-9,12-17,19-22,28,31,38,40-46,57,65-66H,10-11,18,23-27,29-30,55-56H2,1H3,(H,58,72)(H,59,67)(H,60,69)(H,61,70)(H,62,73)(H,63,71)(H,64,68)(H,74,75)/t31-,38+,40+,41+,42+,43+,44+,45+,46+/m1/s1. The Hall–Kier alpha value is -7.44. The first-order valence-corrected chi connectivity index (χ1v) is 27.6. The lowest BCUT2D eigenvalue weighted by Crippen LogP contribution is -2.62. The summed E-state index contributed by atoms with van der Waals surface area (Å²) in [6.07, 6.45) is 0.413. The molecule has 1 aromatic heterocycles. The highest BCUT2D eigenvalue weighted by Gasteiger charge is 2.36. The van der Waals surface area contributed by atoms with Crippen molar-refractivity contribution in [3.63, 3.8) is 0 Å². The molecule has 1 fully saturated rings. The van der Waals surface area contributed by atoms with E-state index in [1.54, 1.807) is 66.9 Å². The minimum atomic E-state index is -1.73. The molecule has 77 heavy (non-hydrogen) atoms. The lowest BCUT2D eigenvalue weighted by Gasteiger charge is -2.29. The number of carboxylic acids is 1. The van der Waals surface area contributed by atoms with Crippen LogP contribution in [0.3, 0.4) is 0 Å². The van der Waals surface area contributed by atoms with E-state index in [1.807, 2.05) is 24.3 Å². The molecule has 15 N–H and O–H groups in total. The predicted molar refractivity (Wildman–Crippen MR) is 293 cm³/mol. The molecule has 0 bridgehead atoms. The van der Waals surface area contributed by atoms with Gasteiger partial charge in [-0.3, -0.25) is 33.6 Å². The number of aromatic nitrogens is 1. The zero-order valence-electron chi connectivity index (χ0n) is 42.3. The van der Waals surface area contributed by atoms with Gasteiger partial charge in [-0.25, -0.2) is 4.79 Å². The lowest BCUT2D eigenvalue weighted by molar-refractivity contribution is -0.141. The quantitative estimate of drug-likeness (QED) is 0.0542. The molecule has 4 aromatic carbocycles. The van der Waals surface area contributed by atoms with Crippen LogP contribution in [0.4, 0.5) is 0 Å². The second kappa shape index (κ2) is 29.2. The number of hydrogen-bond donors (Lipinski definition) is 13. The highest BCUT2D eigenvalue weighted by molar-refractivity contribution is 8.76. The van der Waals surface area contributed by atoms with Crippen molar-refractivity contribution in [2.24, 2.45) is 11.5 Å². The molecule has 6 rings (SSSR count). The van der Waals surface area contributed by atoms with Gasteiger partial charge in [0.1, 0.15) is 48.0 Å². The third-order valence-corrected chi connectivity index (χ3v) is 15.2. The van der Waals surface area contributed by atoms with E-state index in [9.17, 15) is 53.7 Å². The zero-order valence-corrected chi connectivity index (χ0v) is 43.9. The van der Waals surface area contributed by atoms with Crippen molar-refractivity contribution >= 4 is 79.8 Å². The summed E-state index contributed by atoms with van der Waals surface area (Å²) in [6.45, 7) is 1.47. The number of aromatic amines is 1. The SMILES string of the molecule is C[C@@H](O)[C@@H]1NC(=O)[C@H](CCCCN)NC(=O)[C@H](Cc2c[nH]c3ccccc23)NC(=O)[C@H](Cc2ccccc2)NC(=O)[C@H](Cc2ccccc2)NC(=O)[C@@H](N)CSSC[C@@H](C(=O)O)NC(=O)[C@H](Cc2ccc(O)cc2)NC1=O. The van der Waals surface area contributed by atoms with Crippen LogP contribution in [0.15, 0.2) is 115 Å². The number of carboxylic acid groups (broad SMARTS) is 1. The number of carbonyl (C=O) groups is 8. The summed E-state index contributed by atoms with van der Waals surface area (Å²) >= 11 is 0. The number of aliphatic hydroxyl groups is 1. The first-order chi connectivity index (χ1) is 37.0. The molecule has 0 radical (unpaired) electrons. The van der Waals surface area contributed by atoms with Crippen molar-refractivity contribution in [1.82, 2.24) is 42.2 Å². The number of aliphatic hydroxyl groups excluding tert-OH is 1. The van der Waals surface area contributed by atoms with Gasteiger partial charge in [0.15, 0.2) is 0 Å². The second-order valence-corrected chi connectivity index (χ2v) is 21.3. The second-order valence-electron chi connectivity index (χ2n) is 18.7. The van der Waals surface area contributed by atoms with Crippen LogP contribution in [0.2, 0.25) is 0 Å². The Balaban J connectivity index is 1.40. The third-order valence-electron chi connectivity index (χ3n) is 12.7. The van der Waals surface area contributed by atoms with Crippen LogP contribution in [0.25, 0.3) is 10.9 Å². The van der Waals surface area contributed by atoms with Gasteiger partial charge in [-0.1, -0.05) is 113 Å². The fourth-order valence-electron chi connectivity index (χ4n) is 8.46. The average Bonchev–Trinajstić information content (AvgIpc) is 3.82. The molecule has 1 aliphatic heterocycles. The van der Waals surface area contributed by atoms with Crippen molar-refractivity contribution in [2.45, 2.75) is 106 Å². The first-order valence-electron chi connectivity index (χ1n) is 25.1. The fourth-order valence-corrected chi connectivity index (χ4v) is 10.7. The molecule has 0 saturated carbocycles. The zero-order chi connectivity index (χ0) is 55.4. The Morgan fingerprint density at radius 2 is 1.04 bits per heavy atom. The van der Waals surface area contributed by atoms with E-state index in [2.05, 4.69) is 42.2 Å². The smallest absolute Gasteiger partial charge is 0.327 e. The van der Waals surface area contributed by atoms with E-state index in [-0.39, 0.29) is 55.9 Å². The number of benzene rings is 4. The Morgan fingerprint density at radius 1 is 0.571 bits per heavy atom. The number of fused-ring (bicyclic) bond motifs is 1. The van der Waals surface area contributed by atoms with Crippen LogP contribution in [0.1, 0.15) is 48.4 Å². The van der Waals surface area contributed by atoms with Gasteiger partial charge in [-0.05, 0) is 73.2 Å². The predicted octanol–water partition coefficient (Wildman–Crippen LogP) is 0.854. The number of rotatable bonds is 14. The number of carbonyl (C=O) groups excluding carboxylic acids is 7. The number of unbranched alkanes of at least 4 members (excludes halogenated alkanes) is 1. The molecular weight excluding hydrogens is 1030 g/mol. The van der Waals surface area contributed by atoms with Crippen molar-refractivity contribution in [1.29, 1.82) is 0 Å². The Labute approximate surface area is 453 Å². The van der Waals surface area contributed by atoms with Crippen LogP contribution < -0.4 is 48.7 Å². The molecule has 1 aliphatic rings. The number of nitrogens with two attached hydrogens (primary N) is 2. The van der Waals surface area contributed by atoms with Gasteiger partial charge >= 0.3 is 5.97 Å². The van der Waals surface area contributed by atoms with Crippen molar-refractivity contribution in [2.75, 3.05) is 18.1 Å². The van der Waals surface area contributed by atoms with Crippen LogP contribution in [-0.4, -0.2) is 140 Å². The molecule has 5 aromatic rings. The molecule has 21 nitrogen and oxygen atoms in total. The molecule has 23 heteroatoms. The minimum absolute atomic E-state index is 0.0136. The van der Waals surface area contributed by atoms with Gasteiger partial charge in [0, 0.05) is 54.3 Å². The maximum Gasteiger partial charge on any atom is 0.327 e. The van der Waals surface area contributed by atoms with E-state index in [0.717, 1.165) is 32.5 Å². The van der Waals surface area contributed by atoms with Gasteiger partial charge in [0.2, 0.25) is 41.4 Å². The molecule has 2 heterocycles. The van der Waals surface area contributed by atoms with Crippen LogP contribution >= 0.6 is 21.6 Å². The summed E-state index contributed by atoms with van der Waals surface area (Å²) in [5.74, 6) is -7.78. The number of H-pyrrole nitrogens is 1. The highest BCUT2D eigenvalue weighted by atomic mass is 33.1. The number of aliphatic carboxylic acids is 1. The number of nitrogens with one attached hydrogen (secondary N) is 8. The Bertz CT molecular complexity index is 2810. The van der Waals surface area contributed by atoms with E-state index >= 15 is 0 Å². The Morgan fingerprint density at radius 3 is 1.60 bits per heavy atom. The molecule has 410 valence electrons. The Kier molecular flexibility index (Phi) is 22.3. The topological polar surface area (TPSA) is 349 Å². The van der Waals surface area contributed by atoms with E-state index < -0.39 is 102 Å². The number of phenolic OH excluding ortho intramolecular Hbond substituents is 1. The van der Waals surface area contributed by atoms with Crippen molar-refractivity contribution in [3.05, 3.63) is 138 Å². The molecule has 7 amide bonds. The third kappa shape index (κ3) is 17.8. The summed E-state index contributed by atoms with van der Waals surface area (Å²) in [7, 11) is 2.02. The van der Waals surface area contributed by atoms with Crippen LogP contribution in [0.5, 0.6) is 5.75 Å². The van der Waals surface area contributed by atoms with Gasteiger partial charge in [0.25, 0.3) is 0 Å². The molecule has 0 aliphatic carbocycles. The number of phenols is 1. The average molecular weight is 1100 g/mol. The van der Waals surface area contributed by atoms with Crippen LogP contribution in [-0.2, 0) is 64.0 Å². The lowest BCUT2D eigenvalue weighted by atomic mass is 10.00. The summed E-state index contributed by atoms with van der Waals surface area (Å²) in [6, 6.07) is 19.3. The summed E-state index contributed by atoms with van der Waals surface area (Å²) in [5.41, 5.74) is 15.3. The number of para-hydroxylation sites is 1. The molecule has 9 atom stereocenters. The number of amides is 7. The number of aromatic hydroxyl groups is 1. The molecule has 0 spiro atoms. The number of hydrogen-bond acceptors (Lipinski definition) is 14. The molecule has 0 unspecified atom stereocenters. The van der Waals surface area contributed by atoms with Gasteiger partial charge in [-0.15, -0.1) is 0 Å². The fraction of sp³-hybridized carbons (Fsp3) is 0.370. The molecule has 1 saturated heterocycles. The minimum Gasteiger partial charge on any atom is -0.508 e. The first kappa shape index (κ1) is 58.8. The van der Waals surface area contributed by atoms with E-state index in [1.165, 1.54) is 31.2 Å². The van der Waals surface area contributed by atoms with Gasteiger partial charge in [0.05, 0.1) is 12.1 Å². The monoisotopic (exact) mass is 1090 g/mol. The van der Waals surface area contributed by atoms with Gasteiger partial charge < -0.3 is 69.0 Å². The van der Waals surface area contributed by atoms with E-state index in [4.69, 9.17) is 11.5 Å². The molecular formula is C54H66N10O11S2. The van der Waals surface area contributed by atoms with Gasteiger partial charge in [-0.2, -0.15) is 0 Å². The maximum atomic E-state index is 14.8. The van der Waals surface area contributed by atoms with Crippen LogP contribution in [0, 0.1) is 0 Å². The normalized spacial score (nSPS) is 23.5. The summed E-state index contributed by atoms with van der Waals surface area (Å²) < 4.78 is 0. The largest absolute Gasteiger partial charge is 0.508 e. The highest BCUT2D eigenvalue weighted by Crippen LogP contribution is 2.24. The summed E-state index contributed by atoms with van der Waals surface area (Å²) in [5, 5.41) is 50.6.